The molecule has 4 rings (SSSR count). The molecule has 2 unspecified atom stereocenters. The summed E-state index contributed by atoms with van der Waals surface area (Å²) < 4.78 is 5.71. The number of aryl methyl sites for hydroxylation is 2. The largest absolute Gasteiger partial charge is 0.507 e. The highest BCUT2D eigenvalue weighted by molar-refractivity contribution is 6.46. The second kappa shape index (κ2) is 7.84. The lowest BCUT2D eigenvalue weighted by atomic mass is 9.94. The Morgan fingerprint density at radius 1 is 1.03 bits per heavy atom. The number of nitrogens with zero attached hydrogens (tertiary/aromatic N) is 1. The summed E-state index contributed by atoms with van der Waals surface area (Å²) in [5.41, 5.74) is 3.61. The smallest absolute Gasteiger partial charge is 0.295 e. The Balaban J connectivity index is 1.81. The summed E-state index contributed by atoms with van der Waals surface area (Å²) in [5, 5.41) is 11.0. The predicted octanol–water partition coefficient (Wildman–Crippen LogP) is 3.90. The number of aliphatic hydroxyl groups excluding tert-OH is 1. The van der Waals surface area contributed by atoms with Gasteiger partial charge in [-0.05, 0) is 32.3 Å². The molecule has 2 aliphatic heterocycles. The van der Waals surface area contributed by atoms with E-state index in [0.717, 1.165) is 29.5 Å². The molecule has 2 aromatic rings. The lowest BCUT2D eigenvalue weighted by molar-refractivity contribution is -0.140. The maximum atomic E-state index is 13.0. The molecular weight excluding hydrogens is 366 g/mol. The van der Waals surface area contributed by atoms with Gasteiger partial charge in [-0.2, -0.15) is 0 Å². The van der Waals surface area contributed by atoms with Crippen LogP contribution in [0, 0.1) is 13.8 Å². The first-order valence-corrected chi connectivity index (χ1v) is 9.99. The van der Waals surface area contributed by atoms with Gasteiger partial charge in [-0.15, -0.1) is 0 Å². The van der Waals surface area contributed by atoms with Crippen molar-refractivity contribution in [3.8, 4) is 0 Å². The second-order valence-corrected chi connectivity index (χ2v) is 7.86. The van der Waals surface area contributed by atoms with Crippen molar-refractivity contribution >= 4 is 17.4 Å². The van der Waals surface area contributed by atoms with Crippen LogP contribution >= 0.6 is 0 Å². The minimum atomic E-state index is -0.647. The van der Waals surface area contributed by atoms with E-state index >= 15 is 0 Å². The van der Waals surface area contributed by atoms with Crippen molar-refractivity contribution in [2.45, 2.75) is 38.8 Å². The predicted molar refractivity (Wildman–Crippen MR) is 110 cm³/mol. The molecule has 0 aromatic heterocycles. The molecule has 29 heavy (non-hydrogen) atoms. The number of amides is 1. The SMILES string of the molecule is Cc1ccc(C(O)=C2C(=O)C(=O)N(CC3CCCO3)C2c2ccc(C)cc2)cc1. The van der Waals surface area contributed by atoms with Gasteiger partial charge in [0, 0.05) is 18.7 Å². The van der Waals surface area contributed by atoms with Crippen molar-refractivity contribution in [3.05, 3.63) is 76.4 Å². The van der Waals surface area contributed by atoms with Crippen molar-refractivity contribution in [2.75, 3.05) is 13.2 Å². The molecule has 150 valence electrons. The minimum absolute atomic E-state index is 0.0828. The quantitative estimate of drug-likeness (QED) is 0.488. The monoisotopic (exact) mass is 391 g/mol. The highest BCUT2D eigenvalue weighted by atomic mass is 16.5. The fraction of sp³-hybridized carbons (Fsp3) is 0.333. The first-order chi connectivity index (χ1) is 14.0. The van der Waals surface area contributed by atoms with Gasteiger partial charge in [-0.25, -0.2) is 0 Å². The van der Waals surface area contributed by atoms with E-state index in [2.05, 4.69) is 0 Å². The first kappa shape index (κ1) is 19.4. The van der Waals surface area contributed by atoms with E-state index in [-0.39, 0.29) is 17.4 Å². The number of carbonyl (C=O) groups is 2. The Kier molecular flexibility index (Phi) is 5.24. The van der Waals surface area contributed by atoms with E-state index in [4.69, 9.17) is 4.74 Å². The maximum Gasteiger partial charge on any atom is 0.295 e. The first-order valence-electron chi connectivity index (χ1n) is 9.99. The van der Waals surface area contributed by atoms with Crippen LogP contribution in [0.5, 0.6) is 0 Å². The number of likely N-dealkylation sites (tertiary alicyclic amines) is 1. The maximum absolute atomic E-state index is 13.0. The fourth-order valence-electron chi connectivity index (χ4n) is 4.04. The van der Waals surface area contributed by atoms with E-state index in [9.17, 15) is 14.7 Å². The molecule has 2 saturated heterocycles. The summed E-state index contributed by atoms with van der Waals surface area (Å²) in [6.45, 7) is 4.96. The van der Waals surface area contributed by atoms with Crippen molar-refractivity contribution in [3.63, 3.8) is 0 Å². The fourth-order valence-corrected chi connectivity index (χ4v) is 4.04. The van der Waals surface area contributed by atoms with E-state index in [0.29, 0.717) is 18.7 Å². The third-order valence-electron chi connectivity index (χ3n) is 5.68. The Labute approximate surface area is 170 Å². The number of aliphatic hydroxyl groups is 1. The summed E-state index contributed by atoms with van der Waals surface area (Å²) in [6.07, 6.45) is 1.73. The van der Waals surface area contributed by atoms with E-state index in [1.165, 1.54) is 0 Å². The zero-order valence-corrected chi connectivity index (χ0v) is 16.7. The molecule has 0 radical (unpaired) electrons. The van der Waals surface area contributed by atoms with Gasteiger partial charge in [0.1, 0.15) is 5.76 Å². The Bertz CT molecular complexity index is 953. The van der Waals surface area contributed by atoms with Crippen LogP contribution in [0.1, 0.15) is 41.1 Å². The zero-order valence-electron chi connectivity index (χ0n) is 16.7. The Hall–Kier alpha value is -2.92. The van der Waals surface area contributed by atoms with Crippen LogP contribution in [0.15, 0.2) is 54.1 Å². The summed E-state index contributed by atoms with van der Waals surface area (Å²) in [7, 11) is 0. The molecule has 1 N–H and O–H groups in total. The lowest BCUT2D eigenvalue weighted by Crippen LogP contribution is -2.36. The molecule has 0 saturated carbocycles. The number of ether oxygens (including phenoxy) is 1. The lowest BCUT2D eigenvalue weighted by Gasteiger charge is -2.27. The average Bonchev–Trinajstić information content (AvgIpc) is 3.31. The molecule has 2 atom stereocenters. The third-order valence-corrected chi connectivity index (χ3v) is 5.68. The van der Waals surface area contributed by atoms with Crippen LogP contribution in [0.3, 0.4) is 0 Å². The zero-order chi connectivity index (χ0) is 20.5. The molecule has 2 aliphatic rings. The average molecular weight is 391 g/mol. The number of ketones is 1. The highest BCUT2D eigenvalue weighted by Gasteiger charge is 2.46. The number of rotatable bonds is 4. The van der Waals surface area contributed by atoms with Gasteiger partial charge in [0.25, 0.3) is 11.7 Å². The van der Waals surface area contributed by atoms with Crippen molar-refractivity contribution in [2.24, 2.45) is 0 Å². The van der Waals surface area contributed by atoms with Gasteiger partial charge in [0.2, 0.25) is 0 Å². The molecule has 5 heteroatoms. The standard InChI is InChI=1S/C24H25NO4/c1-15-5-9-17(10-6-15)21-20(22(26)18-11-7-16(2)8-12-18)23(27)24(28)25(21)14-19-4-3-13-29-19/h5-12,19,21,26H,3-4,13-14H2,1-2H3. The second-order valence-electron chi connectivity index (χ2n) is 7.86. The molecule has 2 heterocycles. The molecule has 2 fully saturated rings. The summed E-state index contributed by atoms with van der Waals surface area (Å²) in [4.78, 5) is 27.4. The molecular formula is C24H25NO4. The molecule has 0 bridgehead atoms. The molecule has 0 aliphatic carbocycles. The van der Waals surface area contributed by atoms with Crippen LogP contribution in [-0.2, 0) is 14.3 Å². The van der Waals surface area contributed by atoms with Gasteiger partial charge >= 0.3 is 0 Å². The van der Waals surface area contributed by atoms with Gasteiger partial charge in [-0.3, -0.25) is 9.59 Å². The van der Waals surface area contributed by atoms with Gasteiger partial charge in [-0.1, -0.05) is 59.7 Å². The van der Waals surface area contributed by atoms with Crippen molar-refractivity contribution in [1.29, 1.82) is 0 Å². The third kappa shape index (κ3) is 3.70. The summed E-state index contributed by atoms with van der Waals surface area (Å²) >= 11 is 0. The number of hydrogen-bond acceptors (Lipinski definition) is 4. The van der Waals surface area contributed by atoms with Gasteiger partial charge in [0.15, 0.2) is 0 Å². The van der Waals surface area contributed by atoms with E-state index in [1.54, 1.807) is 17.0 Å². The molecule has 5 nitrogen and oxygen atoms in total. The Morgan fingerprint density at radius 2 is 1.66 bits per heavy atom. The van der Waals surface area contributed by atoms with E-state index < -0.39 is 17.7 Å². The normalized spacial score (nSPS) is 23.7. The molecule has 2 aromatic carbocycles. The minimum Gasteiger partial charge on any atom is -0.507 e. The van der Waals surface area contributed by atoms with Gasteiger partial charge < -0.3 is 14.7 Å². The number of Topliss-reactive ketones (excluding diaryl/α,β-unsaturated/α-hetero) is 1. The van der Waals surface area contributed by atoms with Crippen LogP contribution in [0.4, 0.5) is 0 Å². The Morgan fingerprint density at radius 3 is 2.24 bits per heavy atom. The number of hydrogen-bond donors (Lipinski definition) is 1. The van der Waals surface area contributed by atoms with Gasteiger partial charge in [0.05, 0.1) is 17.7 Å². The van der Waals surface area contributed by atoms with Crippen molar-refractivity contribution in [1.82, 2.24) is 4.90 Å². The summed E-state index contributed by atoms with van der Waals surface area (Å²) in [6, 6.07) is 14.4. The van der Waals surface area contributed by atoms with Crippen LogP contribution in [0.2, 0.25) is 0 Å². The number of carbonyl (C=O) groups excluding carboxylic acids is 2. The highest BCUT2D eigenvalue weighted by Crippen LogP contribution is 2.40. The van der Waals surface area contributed by atoms with Crippen LogP contribution in [-0.4, -0.2) is 41.0 Å². The molecule has 0 spiro atoms. The summed E-state index contributed by atoms with van der Waals surface area (Å²) in [5.74, 6) is -1.37. The molecule has 1 amide bonds. The van der Waals surface area contributed by atoms with E-state index in [1.807, 2.05) is 50.2 Å². The van der Waals surface area contributed by atoms with Crippen molar-refractivity contribution < 1.29 is 19.4 Å². The van der Waals surface area contributed by atoms with Crippen LogP contribution < -0.4 is 0 Å². The topological polar surface area (TPSA) is 66.8 Å². The van der Waals surface area contributed by atoms with Crippen LogP contribution in [0.25, 0.3) is 5.76 Å². The number of benzene rings is 2.